The Morgan fingerprint density at radius 1 is 0.885 bits per heavy atom. The minimum absolute atomic E-state index is 0.0716. The molecule has 0 amide bonds. The number of rotatable bonds is 6. The van der Waals surface area contributed by atoms with Crippen LogP contribution in [0.25, 0.3) is 11.3 Å². The number of methoxy groups -OCH3 is 2. The second-order valence-corrected chi connectivity index (χ2v) is 7.10. The van der Waals surface area contributed by atoms with Crippen molar-refractivity contribution in [1.82, 2.24) is 4.98 Å². The van der Waals surface area contributed by atoms with E-state index in [2.05, 4.69) is 9.71 Å². The summed E-state index contributed by atoms with van der Waals surface area (Å²) in [5.74, 6) is 0.799. The van der Waals surface area contributed by atoms with E-state index in [-0.39, 0.29) is 4.90 Å². The maximum Gasteiger partial charge on any atom is 0.262 e. The summed E-state index contributed by atoms with van der Waals surface area (Å²) < 4.78 is 38.0. The fraction of sp³-hybridized carbons (Fsp3) is 0.105. The van der Waals surface area contributed by atoms with Gasteiger partial charge in [-0.1, -0.05) is 30.3 Å². The quantitative estimate of drug-likeness (QED) is 0.718. The number of nitrogens with zero attached hydrogens (tertiary/aromatic N) is 1. The first-order valence-corrected chi connectivity index (χ1v) is 9.28. The highest BCUT2D eigenvalue weighted by Gasteiger charge is 2.17. The summed E-state index contributed by atoms with van der Waals surface area (Å²) in [5, 5.41) is 0. The summed E-state index contributed by atoms with van der Waals surface area (Å²) in [6.07, 6.45) is 1.49. The van der Waals surface area contributed by atoms with Crippen molar-refractivity contribution in [2.24, 2.45) is 0 Å². The van der Waals surface area contributed by atoms with Gasteiger partial charge in [0, 0.05) is 11.6 Å². The molecule has 0 saturated carbocycles. The van der Waals surface area contributed by atoms with E-state index in [9.17, 15) is 8.42 Å². The average molecular weight is 370 g/mol. The van der Waals surface area contributed by atoms with Gasteiger partial charge in [-0.2, -0.15) is 0 Å². The van der Waals surface area contributed by atoms with Crippen LogP contribution in [0.3, 0.4) is 0 Å². The van der Waals surface area contributed by atoms with Crippen molar-refractivity contribution in [3.05, 3.63) is 66.9 Å². The maximum absolute atomic E-state index is 12.6. The Morgan fingerprint density at radius 3 is 2.23 bits per heavy atom. The highest BCUT2D eigenvalue weighted by Crippen LogP contribution is 2.30. The molecule has 7 heteroatoms. The molecule has 26 heavy (non-hydrogen) atoms. The lowest BCUT2D eigenvalue weighted by molar-refractivity contribution is 0.354. The fourth-order valence-corrected chi connectivity index (χ4v) is 3.49. The van der Waals surface area contributed by atoms with Gasteiger partial charge in [0.05, 0.1) is 36.7 Å². The minimum Gasteiger partial charge on any atom is -0.493 e. The third kappa shape index (κ3) is 3.78. The Hall–Kier alpha value is -3.06. The Kier molecular flexibility index (Phi) is 5.09. The molecule has 1 aromatic heterocycles. The van der Waals surface area contributed by atoms with Crippen LogP contribution in [0.1, 0.15) is 0 Å². The van der Waals surface area contributed by atoms with Crippen molar-refractivity contribution < 1.29 is 17.9 Å². The summed E-state index contributed by atoms with van der Waals surface area (Å²) in [6.45, 7) is 0. The molecular formula is C19H18N2O4S. The number of pyridine rings is 1. The van der Waals surface area contributed by atoms with E-state index in [0.717, 1.165) is 11.3 Å². The Bertz CT molecular complexity index is 988. The van der Waals surface area contributed by atoms with Gasteiger partial charge in [0.1, 0.15) is 0 Å². The molecule has 1 heterocycles. The van der Waals surface area contributed by atoms with E-state index in [0.29, 0.717) is 17.2 Å². The lowest BCUT2D eigenvalue weighted by Crippen LogP contribution is -2.13. The molecule has 0 bridgehead atoms. The van der Waals surface area contributed by atoms with Crippen LogP contribution < -0.4 is 14.2 Å². The van der Waals surface area contributed by atoms with E-state index in [4.69, 9.17) is 9.47 Å². The molecule has 0 spiro atoms. The van der Waals surface area contributed by atoms with Gasteiger partial charge in [0.15, 0.2) is 11.5 Å². The number of aromatic nitrogens is 1. The van der Waals surface area contributed by atoms with Crippen molar-refractivity contribution in [1.29, 1.82) is 0 Å². The molecule has 0 radical (unpaired) electrons. The van der Waals surface area contributed by atoms with Gasteiger partial charge in [0.25, 0.3) is 10.0 Å². The molecule has 2 aromatic carbocycles. The van der Waals surface area contributed by atoms with Crippen LogP contribution in [-0.4, -0.2) is 27.6 Å². The Morgan fingerprint density at radius 2 is 1.62 bits per heavy atom. The zero-order valence-corrected chi connectivity index (χ0v) is 15.2. The highest BCUT2D eigenvalue weighted by molar-refractivity contribution is 7.92. The number of nitrogens with one attached hydrogen (secondary N) is 1. The summed E-state index contributed by atoms with van der Waals surface area (Å²) in [7, 11) is -0.831. The van der Waals surface area contributed by atoms with Crippen molar-refractivity contribution >= 4 is 15.7 Å². The van der Waals surface area contributed by atoms with Crippen LogP contribution in [0.2, 0.25) is 0 Å². The van der Waals surface area contributed by atoms with Crippen LogP contribution in [0.5, 0.6) is 11.5 Å². The summed E-state index contributed by atoms with van der Waals surface area (Å²) >= 11 is 0. The number of hydrogen-bond donors (Lipinski definition) is 1. The topological polar surface area (TPSA) is 77.5 Å². The number of sulfonamides is 1. The fourth-order valence-electron chi connectivity index (χ4n) is 2.43. The molecule has 6 nitrogen and oxygen atoms in total. The lowest BCUT2D eigenvalue weighted by Gasteiger charge is -2.11. The van der Waals surface area contributed by atoms with Crippen LogP contribution in [0.4, 0.5) is 5.69 Å². The molecule has 3 rings (SSSR count). The van der Waals surface area contributed by atoms with E-state index in [1.807, 2.05) is 30.3 Å². The Balaban J connectivity index is 1.83. The van der Waals surface area contributed by atoms with Crippen molar-refractivity contribution in [3.8, 4) is 22.8 Å². The second-order valence-electron chi connectivity index (χ2n) is 5.42. The average Bonchev–Trinajstić information content (AvgIpc) is 2.68. The first-order chi connectivity index (χ1) is 12.5. The Labute approximate surface area is 152 Å². The van der Waals surface area contributed by atoms with Crippen molar-refractivity contribution in [3.63, 3.8) is 0 Å². The molecule has 134 valence electrons. The third-order valence-corrected chi connectivity index (χ3v) is 5.13. The molecule has 1 N–H and O–H groups in total. The van der Waals surface area contributed by atoms with Gasteiger partial charge < -0.3 is 9.47 Å². The summed E-state index contributed by atoms with van der Waals surface area (Å²) in [5.41, 5.74) is 2.10. The van der Waals surface area contributed by atoms with Crippen molar-refractivity contribution in [2.45, 2.75) is 4.90 Å². The third-order valence-electron chi connectivity index (χ3n) is 3.75. The summed E-state index contributed by atoms with van der Waals surface area (Å²) in [6, 6.07) is 17.5. The molecular weight excluding hydrogens is 352 g/mol. The van der Waals surface area contributed by atoms with Gasteiger partial charge in [-0.3, -0.25) is 9.71 Å². The molecule has 0 atom stereocenters. The second kappa shape index (κ2) is 7.45. The first-order valence-electron chi connectivity index (χ1n) is 7.80. The smallest absolute Gasteiger partial charge is 0.262 e. The van der Waals surface area contributed by atoms with E-state index < -0.39 is 10.0 Å². The lowest BCUT2D eigenvalue weighted by atomic mass is 10.1. The normalized spacial score (nSPS) is 11.0. The largest absolute Gasteiger partial charge is 0.493 e. The molecule has 0 fully saturated rings. The number of anilines is 1. The SMILES string of the molecule is COc1ccc(S(=O)(=O)Nc2ccc(-c3ccccc3)nc2)cc1OC. The van der Waals surface area contributed by atoms with Gasteiger partial charge in [-0.15, -0.1) is 0 Å². The monoisotopic (exact) mass is 370 g/mol. The van der Waals surface area contributed by atoms with Gasteiger partial charge in [-0.05, 0) is 24.3 Å². The zero-order chi connectivity index (χ0) is 18.6. The van der Waals surface area contributed by atoms with Gasteiger partial charge >= 0.3 is 0 Å². The summed E-state index contributed by atoms with van der Waals surface area (Å²) in [4.78, 5) is 4.39. The van der Waals surface area contributed by atoms with Gasteiger partial charge in [-0.25, -0.2) is 8.42 Å². The number of hydrogen-bond acceptors (Lipinski definition) is 5. The van der Waals surface area contributed by atoms with Crippen LogP contribution >= 0.6 is 0 Å². The zero-order valence-electron chi connectivity index (χ0n) is 14.3. The maximum atomic E-state index is 12.6. The molecule has 0 aliphatic carbocycles. The van der Waals surface area contributed by atoms with Gasteiger partial charge in [0.2, 0.25) is 0 Å². The highest BCUT2D eigenvalue weighted by atomic mass is 32.2. The number of benzene rings is 2. The van der Waals surface area contributed by atoms with Crippen LogP contribution in [0, 0.1) is 0 Å². The number of ether oxygens (including phenoxy) is 2. The van der Waals surface area contributed by atoms with E-state index in [1.165, 1.54) is 32.5 Å². The minimum atomic E-state index is -3.77. The molecule has 0 aliphatic heterocycles. The van der Waals surface area contributed by atoms with E-state index >= 15 is 0 Å². The van der Waals surface area contributed by atoms with E-state index in [1.54, 1.807) is 18.2 Å². The molecule has 0 saturated heterocycles. The molecule has 3 aromatic rings. The molecule has 0 aliphatic rings. The standard InChI is InChI=1S/C19H18N2O4S/c1-24-18-11-9-16(12-19(18)25-2)26(22,23)21-15-8-10-17(20-13-15)14-6-4-3-5-7-14/h3-13,21H,1-2H3. The molecule has 0 unspecified atom stereocenters. The first kappa shape index (κ1) is 17.8. The van der Waals surface area contributed by atoms with Crippen LogP contribution in [-0.2, 0) is 10.0 Å². The van der Waals surface area contributed by atoms with Crippen molar-refractivity contribution in [2.75, 3.05) is 18.9 Å². The predicted octanol–water partition coefficient (Wildman–Crippen LogP) is 3.57. The van der Waals surface area contributed by atoms with Crippen LogP contribution in [0.15, 0.2) is 71.8 Å². The predicted molar refractivity (Wildman–Crippen MR) is 100 cm³/mol.